The van der Waals surface area contributed by atoms with Gasteiger partial charge in [0.05, 0.1) is 12.5 Å². The molecule has 1 aromatic heterocycles. The van der Waals surface area contributed by atoms with Gasteiger partial charge < -0.3 is 5.32 Å². The van der Waals surface area contributed by atoms with Gasteiger partial charge >= 0.3 is 0 Å². The van der Waals surface area contributed by atoms with Crippen LogP contribution in [0.4, 0.5) is 0 Å². The molecule has 0 amide bonds. The van der Waals surface area contributed by atoms with E-state index in [2.05, 4.69) is 35.1 Å². The molecule has 1 aliphatic heterocycles. The van der Waals surface area contributed by atoms with Gasteiger partial charge in [-0.15, -0.1) is 0 Å². The van der Waals surface area contributed by atoms with Crippen LogP contribution in [0.2, 0.25) is 0 Å². The maximum atomic E-state index is 8.92. The van der Waals surface area contributed by atoms with Gasteiger partial charge in [0.2, 0.25) is 0 Å². The Hall–Kier alpha value is -1.44. The first-order valence-electron chi connectivity index (χ1n) is 6.36. The number of rotatable bonds is 3. The summed E-state index contributed by atoms with van der Waals surface area (Å²) in [6, 6.07) is 6.67. The number of nitrogens with zero attached hydrogens (tertiary/aromatic N) is 3. The molecule has 1 unspecified atom stereocenters. The molecule has 2 heterocycles. The summed E-state index contributed by atoms with van der Waals surface area (Å²) in [5.41, 5.74) is 1.37. The predicted molar refractivity (Wildman–Crippen MR) is 70.7 cm³/mol. The second-order valence-electron chi connectivity index (χ2n) is 5.54. The number of nitrogens with one attached hydrogen (secondary N) is 1. The summed E-state index contributed by atoms with van der Waals surface area (Å²) in [6.07, 6.45) is 4.22. The van der Waals surface area contributed by atoms with Gasteiger partial charge in [-0.2, -0.15) is 5.26 Å². The van der Waals surface area contributed by atoms with Gasteiger partial charge in [0.25, 0.3) is 0 Å². The lowest BCUT2D eigenvalue weighted by atomic mass is 9.97. The van der Waals surface area contributed by atoms with Crippen LogP contribution < -0.4 is 5.32 Å². The zero-order valence-corrected chi connectivity index (χ0v) is 11.1. The van der Waals surface area contributed by atoms with Gasteiger partial charge in [-0.1, -0.05) is 0 Å². The third-order valence-electron chi connectivity index (χ3n) is 3.39. The quantitative estimate of drug-likeness (QED) is 0.876. The van der Waals surface area contributed by atoms with Gasteiger partial charge in [0.15, 0.2) is 0 Å². The fraction of sp³-hybridized carbons (Fsp3) is 0.571. The Kier molecular flexibility index (Phi) is 3.95. The van der Waals surface area contributed by atoms with Crippen molar-refractivity contribution in [1.29, 1.82) is 5.26 Å². The molecule has 1 saturated heterocycles. The zero-order chi connectivity index (χ0) is 13.0. The van der Waals surface area contributed by atoms with Crippen LogP contribution in [0.15, 0.2) is 24.5 Å². The second-order valence-corrected chi connectivity index (χ2v) is 5.54. The smallest absolute Gasteiger partial charge is 0.0638 e. The van der Waals surface area contributed by atoms with Crippen molar-refractivity contribution in [2.24, 2.45) is 0 Å². The normalized spacial score (nSPS) is 23.5. The molecular weight excluding hydrogens is 224 g/mol. The van der Waals surface area contributed by atoms with E-state index in [1.165, 1.54) is 5.56 Å². The summed E-state index contributed by atoms with van der Waals surface area (Å²) in [4.78, 5) is 6.44. The lowest BCUT2D eigenvalue weighted by molar-refractivity contribution is 0.0903. The van der Waals surface area contributed by atoms with Crippen LogP contribution >= 0.6 is 0 Å². The van der Waals surface area contributed by atoms with Gasteiger partial charge in [-0.05, 0) is 31.5 Å². The first kappa shape index (κ1) is 13.0. The molecule has 2 rings (SSSR count). The number of pyridine rings is 1. The third kappa shape index (κ3) is 3.28. The molecule has 0 saturated carbocycles. The maximum Gasteiger partial charge on any atom is 0.0638 e. The highest BCUT2D eigenvalue weighted by Gasteiger charge is 2.32. The fourth-order valence-corrected chi connectivity index (χ4v) is 2.43. The minimum Gasteiger partial charge on any atom is -0.309 e. The molecule has 4 nitrogen and oxygen atoms in total. The Morgan fingerprint density at radius 2 is 2.22 bits per heavy atom. The lowest BCUT2D eigenvalue weighted by Crippen LogP contribution is -2.61. The molecule has 96 valence electrons. The summed E-state index contributed by atoms with van der Waals surface area (Å²) in [7, 11) is 0. The number of nitriles is 1. The number of hydrogen-bond donors (Lipinski definition) is 1. The molecule has 0 bridgehead atoms. The molecule has 18 heavy (non-hydrogen) atoms. The van der Waals surface area contributed by atoms with E-state index in [9.17, 15) is 0 Å². The molecule has 1 aliphatic rings. The fourth-order valence-electron chi connectivity index (χ4n) is 2.43. The van der Waals surface area contributed by atoms with Crippen LogP contribution in [0.5, 0.6) is 0 Å². The summed E-state index contributed by atoms with van der Waals surface area (Å²) in [6.45, 7) is 7.14. The van der Waals surface area contributed by atoms with Crippen LogP contribution in [0.3, 0.4) is 0 Å². The molecule has 0 aromatic carbocycles. The molecular formula is C14H20N4. The van der Waals surface area contributed by atoms with Crippen LogP contribution in [-0.4, -0.2) is 34.6 Å². The topological polar surface area (TPSA) is 52.0 Å². The molecule has 1 atom stereocenters. The van der Waals surface area contributed by atoms with Gasteiger partial charge in [-0.3, -0.25) is 9.88 Å². The van der Waals surface area contributed by atoms with Crippen molar-refractivity contribution >= 4 is 0 Å². The minimum absolute atomic E-state index is 0.110. The van der Waals surface area contributed by atoms with Crippen molar-refractivity contribution in [3.63, 3.8) is 0 Å². The highest BCUT2D eigenvalue weighted by Crippen LogP contribution is 2.19. The molecule has 1 fully saturated rings. The van der Waals surface area contributed by atoms with Crippen LogP contribution in [-0.2, 0) is 6.54 Å². The minimum atomic E-state index is 0.110. The largest absolute Gasteiger partial charge is 0.309 e. The summed E-state index contributed by atoms with van der Waals surface area (Å²) < 4.78 is 0. The maximum absolute atomic E-state index is 8.92. The van der Waals surface area contributed by atoms with Crippen LogP contribution in [0.25, 0.3) is 0 Å². The van der Waals surface area contributed by atoms with Crippen LogP contribution in [0.1, 0.15) is 25.8 Å². The predicted octanol–water partition coefficient (Wildman–Crippen LogP) is 1.55. The average Bonchev–Trinajstić information content (AvgIpc) is 2.34. The summed E-state index contributed by atoms with van der Waals surface area (Å²) >= 11 is 0. The molecule has 0 spiro atoms. The highest BCUT2D eigenvalue weighted by molar-refractivity contribution is 5.10. The average molecular weight is 244 g/mol. The van der Waals surface area contributed by atoms with Crippen molar-refractivity contribution in [2.45, 2.75) is 38.4 Å². The Balaban J connectivity index is 2.08. The standard InChI is InChI=1S/C14H20N4/c1-14(2)11-18(13(3-6-15)9-17-14)10-12-4-7-16-8-5-12/h4-5,7-8,13,17H,3,9-11H2,1-2H3. The van der Waals surface area contributed by atoms with Crippen molar-refractivity contribution in [3.05, 3.63) is 30.1 Å². The van der Waals surface area contributed by atoms with Gasteiger partial charge in [-0.25, -0.2) is 0 Å². The first-order valence-corrected chi connectivity index (χ1v) is 6.36. The second kappa shape index (κ2) is 5.47. The van der Waals surface area contributed by atoms with Crippen molar-refractivity contribution in [1.82, 2.24) is 15.2 Å². The van der Waals surface area contributed by atoms with E-state index in [1.54, 1.807) is 0 Å². The SMILES string of the molecule is CC1(C)CN(Cc2ccncc2)C(CC#N)CN1. The van der Waals surface area contributed by atoms with E-state index >= 15 is 0 Å². The Morgan fingerprint density at radius 3 is 2.89 bits per heavy atom. The molecule has 0 radical (unpaired) electrons. The van der Waals surface area contributed by atoms with Crippen molar-refractivity contribution in [3.8, 4) is 6.07 Å². The van der Waals surface area contributed by atoms with Crippen molar-refractivity contribution < 1.29 is 0 Å². The number of aromatic nitrogens is 1. The molecule has 1 N–H and O–H groups in total. The Bertz CT molecular complexity index is 421. The molecule has 1 aromatic rings. The van der Waals surface area contributed by atoms with E-state index in [4.69, 9.17) is 5.26 Å². The number of hydrogen-bond acceptors (Lipinski definition) is 4. The number of piperazine rings is 1. The van der Waals surface area contributed by atoms with E-state index in [-0.39, 0.29) is 5.54 Å². The highest BCUT2D eigenvalue weighted by atomic mass is 15.2. The Morgan fingerprint density at radius 1 is 1.50 bits per heavy atom. The lowest BCUT2D eigenvalue weighted by Gasteiger charge is -2.44. The zero-order valence-electron chi connectivity index (χ0n) is 11.1. The monoisotopic (exact) mass is 244 g/mol. The van der Waals surface area contributed by atoms with E-state index in [1.807, 2.05) is 24.5 Å². The van der Waals surface area contributed by atoms with E-state index in [0.717, 1.165) is 19.6 Å². The van der Waals surface area contributed by atoms with E-state index in [0.29, 0.717) is 12.5 Å². The van der Waals surface area contributed by atoms with Crippen molar-refractivity contribution in [2.75, 3.05) is 13.1 Å². The first-order chi connectivity index (χ1) is 8.61. The van der Waals surface area contributed by atoms with Crippen LogP contribution in [0, 0.1) is 11.3 Å². The molecule has 0 aliphatic carbocycles. The summed E-state index contributed by atoms with van der Waals surface area (Å²) in [5, 5.41) is 12.4. The van der Waals surface area contributed by atoms with Gasteiger partial charge in [0, 0.05) is 43.6 Å². The Labute approximate surface area is 109 Å². The third-order valence-corrected chi connectivity index (χ3v) is 3.39. The molecule has 4 heteroatoms. The van der Waals surface area contributed by atoms with E-state index < -0.39 is 0 Å². The van der Waals surface area contributed by atoms with Gasteiger partial charge in [0.1, 0.15) is 0 Å². The summed E-state index contributed by atoms with van der Waals surface area (Å²) in [5.74, 6) is 0.